The van der Waals surface area contributed by atoms with Crippen LogP contribution in [0, 0.1) is 12.8 Å². The van der Waals surface area contributed by atoms with Gasteiger partial charge in [0, 0.05) is 43.3 Å². The number of hydrogen-bond acceptors (Lipinski definition) is 4. The van der Waals surface area contributed by atoms with Crippen LogP contribution in [-0.2, 0) is 0 Å². The highest BCUT2D eigenvalue weighted by Crippen LogP contribution is 2.23. The molecule has 3 aromatic rings. The van der Waals surface area contributed by atoms with Crippen molar-refractivity contribution < 1.29 is 9.59 Å². The maximum absolute atomic E-state index is 12.7. The van der Waals surface area contributed by atoms with Crippen LogP contribution in [-0.4, -0.2) is 41.0 Å². The number of amides is 3. The van der Waals surface area contributed by atoms with E-state index in [-0.39, 0.29) is 23.4 Å². The molecule has 2 aromatic heterocycles. The van der Waals surface area contributed by atoms with Crippen LogP contribution in [0.25, 0.3) is 5.69 Å². The number of thiophene rings is 1. The number of nitrogens with one attached hydrogen (secondary N) is 2. The summed E-state index contributed by atoms with van der Waals surface area (Å²) >= 11 is 7.13. The Balaban J connectivity index is 1.32. The number of aryl methyl sites for hydroxylation is 1. The van der Waals surface area contributed by atoms with E-state index in [0.717, 1.165) is 17.7 Å². The number of hydrogen-bond donors (Lipinski definition) is 2. The third kappa shape index (κ3) is 5.03. The number of carbonyl (C=O) groups excluding carboxylic acids is 2. The van der Waals surface area contributed by atoms with Crippen molar-refractivity contribution in [1.29, 1.82) is 0 Å². The Morgan fingerprint density at radius 2 is 2.03 bits per heavy atom. The van der Waals surface area contributed by atoms with Gasteiger partial charge in [0.15, 0.2) is 0 Å². The van der Waals surface area contributed by atoms with Gasteiger partial charge in [0.1, 0.15) is 0 Å². The van der Waals surface area contributed by atoms with E-state index in [1.165, 1.54) is 17.4 Å². The molecule has 1 fully saturated rings. The molecule has 0 spiro atoms. The lowest BCUT2D eigenvalue weighted by atomic mass is 10.1. The van der Waals surface area contributed by atoms with E-state index in [1.807, 2.05) is 25.1 Å². The third-order valence-corrected chi connectivity index (χ3v) is 6.70. The van der Waals surface area contributed by atoms with E-state index in [1.54, 1.807) is 39.9 Å². The zero-order chi connectivity index (χ0) is 22.7. The van der Waals surface area contributed by atoms with Gasteiger partial charge in [0.2, 0.25) is 0 Å². The van der Waals surface area contributed by atoms with E-state index in [2.05, 4.69) is 10.6 Å². The molecule has 3 amide bonds. The van der Waals surface area contributed by atoms with E-state index in [9.17, 15) is 14.4 Å². The standard InChI is InChI=1S/C23H23ClN4O3S/c1-15-12-17(28-10-3-2-4-21(28)29)5-6-18(15)26-23(31)27-11-9-16(14-27)13-25-22(30)19-7-8-20(24)32-19/h2-8,10,12,16H,9,11,13-14H2,1H3,(H,25,30)(H,26,31)/t16-/m1/s1. The van der Waals surface area contributed by atoms with Crippen molar-refractivity contribution in [2.75, 3.05) is 25.0 Å². The fraction of sp³-hybridized carbons (Fsp3) is 0.261. The lowest BCUT2D eigenvalue weighted by Gasteiger charge is -2.19. The highest BCUT2D eigenvalue weighted by molar-refractivity contribution is 7.18. The number of benzene rings is 1. The van der Waals surface area contributed by atoms with Crippen LogP contribution in [0.1, 0.15) is 21.7 Å². The van der Waals surface area contributed by atoms with Crippen molar-refractivity contribution in [2.24, 2.45) is 5.92 Å². The number of rotatable bonds is 5. The smallest absolute Gasteiger partial charge is 0.321 e. The zero-order valence-electron chi connectivity index (χ0n) is 17.5. The second-order valence-electron chi connectivity index (χ2n) is 7.75. The number of carbonyl (C=O) groups is 2. The molecular weight excluding hydrogens is 448 g/mol. The molecule has 0 radical (unpaired) electrons. The first kappa shape index (κ1) is 22.1. The number of aromatic nitrogens is 1. The summed E-state index contributed by atoms with van der Waals surface area (Å²) in [4.78, 5) is 39.3. The molecule has 1 saturated heterocycles. The molecule has 1 aromatic carbocycles. The Bertz CT molecular complexity index is 1210. The highest BCUT2D eigenvalue weighted by atomic mass is 35.5. The van der Waals surface area contributed by atoms with E-state index in [0.29, 0.717) is 34.5 Å². The Morgan fingerprint density at radius 3 is 2.75 bits per heavy atom. The molecule has 4 rings (SSSR count). The number of likely N-dealkylation sites (tertiary alicyclic amines) is 1. The fourth-order valence-corrected chi connectivity index (χ4v) is 4.68. The van der Waals surface area contributed by atoms with E-state index < -0.39 is 0 Å². The van der Waals surface area contributed by atoms with Crippen molar-refractivity contribution in [1.82, 2.24) is 14.8 Å². The molecule has 3 heterocycles. The predicted molar refractivity (Wildman–Crippen MR) is 127 cm³/mol. The normalized spacial score (nSPS) is 15.6. The molecule has 0 aliphatic carbocycles. The molecule has 1 aliphatic rings. The summed E-state index contributed by atoms with van der Waals surface area (Å²) in [5, 5.41) is 5.88. The minimum atomic E-state index is -0.170. The van der Waals surface area contributed by atoms with Crippen LogP contribution in [0.5, 0.6) is 0 Å². The zero-order valence-corrected chi connectivity index (χ0v) is 19.1. The summed E-state index contributed by atoms with van der Waals surface area (Å²) in [5.74, 6) is 0.0617. The average Bonchev–Trinajstić information content (AvgIpc) is 3.43. The van der Waals surface area contributed by atoms with E-state index >= 15 is 0 Å². The summed E-state index contributed by atoms with van der Waals surface area (Å²) in [5.41, 5.74) is 2.20. The molecule has 9 heteroatoms. The van der Waals surface area contributed by atoms with Crippen LogP contribution in [0.3, 0.4) is 0 Å². The molecule has 0 bridgehead atoms. The van der Waals surface area contributed by atoms with Gasteiger partial charge in [0.05, 0.1) is 9.21 Å². The summed E-state index contributed by atoms with van der Waals surface area (Å²) in [6.07, 6.45) is 2.54. The molecule has 32 heavy (non-hydrogen) atoms. The predicted octanol–water partition coefficient (Wildman–Crippen LogP) is 4.14. The van der Waals surface area contributed by atoms with Crippen molar-refractivity contribution in [3.8, 4) is 5.69 Å². The molecule has 0 unspecified atom stereocenters. The van der Waals surface area contributed by atoms with Gasteiger partial charge < -0.3 is 15.5 Å². The van der Waals surface area contributed by atoms with Crippen LogP contribution < -0.4 is 16.2 Å². The second-order valence-corrected chi connectivity index (χ2v) is 9.47. The quantitative estimate of drug-likeness (QED) is 0.587. The van der Waals surface area contributed by atoms with Crippen molar-refractivity contribution in [3.63, 3.8) is 0 Å². The molecule has 2 N–H and O–H groups in total. The van der Waals surface area contributed by atoms with Crippen molar-refractivity contribution in [2.45, 2.75) is 13.3 Å². The maximum atomic E-state index is 12.7. The Labute approximate surface area is 194 Å². The first-order chi connectivity index (χ1) is 15.4. The van der Waals surface area contributed by atoms with Crippen LogP contribution in [0.4, 0.5) is 10.5 Å². The van der Waals surface area contributed by atoms with Gasteiger partial charge in [-0.1, -0.05) is 17.7 Å². The number of urea groups is 1. The molecule has 1 aliphatic heterocycles. The number of pyridine rings is 1. The van der Waals surface area contributed by atoms with Crippen LogP contribution in [0.15, 0.2) is 59.5 Å². The summed E-state index contributed by atoms with van der Waals surface area (Å²) < 4.78 is 2.14. The lowest BCUT2D eigenvalue weighted by molar-refractivity contribution is 0.0952. The number of nitrogens with zero attached hydrogens (tertiary/aromatic N) is 2. The second kappa shape index (κ2) is 9.58. The number of halogens is 1. The minimum absolute atomic E-state index is 0.110. The van der Waals surface area contributed by atoms with Crippen LogP contribution >= 0.6 is 22.9 Å². The largest absolute Gasteiger partial charge is 0.351 e. The summed E-state index contributed by atoms with van der Waals surface area (Å²) in [6, 6.07) is 13.7. The van der Waals surface area contributed by atoms with Gasteiger partial charge >= 0.3 is 6.03 Å². The van der Waals surface area contributed by atoms with Gasteiger partial charge in [0.25, 0.3) is 11.5 Å². The first-order valence-corrected chi connectivity index (χ1v) is 11.5. The third-order valence-electron chi connectivity index (χ3n) is 5.47. The topological polar surface area (TPSA) is 83.4 Å². The maximum Gasteiger partial charge on any atom is 0.321 e. The van der Waals surface area contributed by atoms with Gasteiger partial charge in [-0.25, -0.2) is 4.79 Å². The molecule has 7 nitrogen and oxygen atoms in total. The van der Waals surface area contributed by atoms with Gasteiger partial charge in [-0.15, -0.1) is 11.3 Å². The lowest BCUT2D eigenvalue weighted by Crippen LogP contribution is -2.35. The summed E-state index contributed by atoms with van der Waals surface area (Å²) in [7, 11) is 0. The Hall–Kier alpha value is -3.10. The molecule has 1 atom stereocenters. The minimum Gasteiger partial charge on any atom is -0.351 e. The molecule has 166 valence electrons. The van der Waals surface area contributed by atoms with E-state index in [4.69, 9.17) is 11.6 Å². The number of anilines is 1. The van der Waals surface area contributed by atoms with Gasteiger partial charge in [-0.3, -0.25) is 14.2 Å². The van der Waals surface area contributed by atoms with Crippen molar-refractivity contribution >= 4 is 40.6 Å². The fourth-order valence-electron chi connectivity index (χ4n) is 3.72. The highest BCUT2D eigenvalue weighted by Gasteiger charge is 2.27. The van der Waals surface area contributed by atoms with Crippen molar-refractivity contribution in [3.05, 3.63) is 79.9 Å². The monoisotopic (exact) mass is 470 g/mol. The molecule has 0 saturated carbocycles. The van der Waals surface area contributed by atoms with Crippen LogP contribution in [0.2, 0.25) is 4.34 Å². The van der Waals surface area contributed by atoms with Gasteiger partial charge in [-0.2, -0.15) is 0 Å². The van der Waals surface area contributed by atoms with Gasteiger partial charge in [-0.05, 0) is 61.2 Å². The SMILES string of the molecule is Cc1cc(-n2ccccc2=O)ccc1NC(=O)N1CC[C@H](CNC(=O)c2ccc(Cl)s2)C1. The Morgan fingerprint density at radius 1 is 1.19 bits per heavy atom. The average molecular weight is 471 g/mol. The molecular formula is C23H23ClN4O3S. The Kier molecular flexibility index (Phi) is 6.62. The first-order valence-electron chi connectivity index (χ1n) is 10.3. The summed E-state index contributed by atoms with van der Waals surface area (Å²) in [6.45, 7) is 3.62.